The van der Waals surface area contributed by atoms with E-state index in [0.717, 1.165) is 16.3 Å². The summed E-state index contributed by atoms with van der Waals surface area (Å²) >= 11 is 5.77. The molecule has 1 rings (SSSR count). The zero-order valence-corrected chi connectivity index (χ0v) is 7.21. The Morgan fingerprint density at radius 2 is 2.00 bits per heavy atom. The van der Waals surface area contributed by atoms with Crippen LogP contribution in [0.1, 0.15) is 5.56 Å². The van der Waals surface area contributed by atoms with Gasteiger partial charge in [0.05, 0.1) is 0 Å². The van der Waals surface area contributed by atoms with E-state index in [1.165, 1.54) is 0 Å². The van der Waals surface area contributed by atoms with Gasteiger partial charge in [-0.25, -0.2) is 0 Å². The van der Waals surface area contributed by atoms with E-state index in [9.17, 15) is 0 Å². The third kappa shape index (κ3) is 1.87. The lowest BCUT2D eigenvalue weighted by atomic mass is 10.2. The van der Waals surface area contributed by atoms with Crippen molar-refractivity contribution in [2.45, 2.75) is 6.92 Å². The molecule has 0 spiro atoms. The molecule has 0 saturated heterocycles. The number of halogens is 2. The van der Waals surface area contributed by atoms with E-state index in [4.69, 9.17) is 11.6 Å². The first-order valence-electron chi connectivity index (χ1n) is 2.79. The lowest BCUT2D eigenvalue weighted by molar-refractivity contribution is -0.255. The summed E-state index contributed by atoms with van der Waals surface area (Å²) in [5.41, 5.74) is 5.87. The third-order valence-corrected chi connectivity index (χ3v) is 1.79. The smallest absolute Gasteiger partial charge is 0.132 e. The Bertz CT molecular complexity index is 203. The van der Waals surface area contributed by atoms with Crippen LogP contribution in [0.3, 0.4) is 0 Å². The minimum absolute atomic E-state index is 0. The molecule has 0 aliphatic rings. The van der Waals surface area contributed by atoms with Gasteiger partial charge in [-0.1, -0.05) is 17.7 Å². The fraction of sp³-hybridized carbons (Fsp3) is 0.143. The molecule has 1 nitrogen and oxygen atoms in total. The number of quaternary nitrogens is 1. The molecule has 56 valence electrons. The molecule has 1 aromatic rings. The van der Waals surface area contributed by atoms with E-state index >= 15 is 0 Å². The van der Waals surface area contributed by atoms with Gasteiger partial charge in [0.2, 0.25) is 0 Å². The van der Waals surface area contributed by atoms with Gasteiger partial charge in [0, 0.05) is 10.6 Å². The highest BCUT2D eigenvalue weighted by Gasteiger charge is 1.98. The Morgan fingerprint density at radius 3 is 2.40 bits per heavy atom. The molecule has 0 atom stereocenters. The molecule has 0 fully saturated rings. The number of rotatable bonds is 0. The van der Waals surface area contributed by atoms with E-state index in [-0.39, 0.29) is 12.4 Å². The van der Waals surface area contributed by atoms with Crippen LogP contribution in [0.5, 0.6) is 0 Å². The monoisotopic (exact) mass is 177 g/mol. The van der Waals surface area contributed by atoms with Crippen LogP contribution in [0.25, 0.3) is 0 Å². The Hall–Kier alpha value is -0.240. The second-order valence-electron chi connectivity index (χ2n) is 2.02. The highest BCUT2D eigenvalue weighted by atomic mass is 35.5. The molecule has 0 amide bonds. The zero-order chi connectivity index (χ0) is 6.85. The van der Waals surface area contributed by atoms with Gasteiger partial charge in [0.15, 0.2) is 0 Å². The molecule has 3 heteroatoms. The van der Waals surface area contributed by atoms with E-state index in [1.54, 1.807) is 0 Å². The van der Waals surface area contributed by atoms with Crippen LogP contribution in [0, 0.1) is 6.92 Å². The van der Waals surface area contributed by atoms with Crippen LogP contribution >= 0.6 is 11.6 Å². The van der Waals surface area contributed by atoms with Gasteiger partial charge in [-0.15, -0.1) is 0 Å². The first-order valence-corrected chi connectivity index (χ1v) is 3.16. The van der Waals surface area contributed by atoms with Gasteiger partial charge in [-0.3, -0.25) is 0 Å². The Kier molecular flexibility index (Phi) is 3.72. The maximum Gasteiger partial charge on any atom is 0.132 e. The minimum atomic E-state index is 0. The van der Waals surface area contributed by atoms with Crippen LogP contribution < -0.4 is 18.1 Å². The molecule has 0 unspecified atom stereocenters. The normalized spacial score (nSPS) is 8.70. The predicted molar refractivity (Wildman–Crippen MR) is 38.7 cm³/mol. The summed E-state index contributed by atoms with van der Waals surface area (Å²) in [6, 6.07) is 5.71. The molecule has 0 bridgehead atoms. The fourth-order valence-electron chi connectivity index (χ4n) is 0.652. The molecule has 0 radical (unpaired) electrons. The van der Waals surface area contributed by atoms with E-state index in [0.29, 0.717) is 0 Å². The summed E-state index contributed by atoms with van der Waals surface area (Å²) in [4.78, 5) is 0. The van der Waals surface area contributed by atoms with Crippen molar-refractivity contribution < 1.29 is 18.1 Å². The van der Waals surface area contributed by atoms with Crippen molar-refractivity contribution in [1.82, 2.24) is 0 Å². The largest absolute Gasteiger partial charge is 1.00 e. The lowest BCUT2D eigenvalue weighted by Gasteiger charge is -1.95. The molecule has 0 aliphatic carbocycles. The predicted octanol–water partition coefficient (Wildman–Crippen LogP) is -1.47. The molecular weight excluding hydrogens is 169 g/mol. The molecule has 0 aliphatic heterocycles. The van der Waals surface area contributed by atoms with Gasteiger partial charge < -0.3 is 18.1 Å². The van der Waals surface area contributed by atoms with Crippen molar-refractivity contribution >= 4 is 17.3 Å². The van der Waals surface area contributed by atoms with Gasteiger partial charge in [-0.05, 0) is 19.1 Å². The van der Waals surface area contributed by atoms with Gasteiger partial charge >= 0.3 is 0 Å². The van der Waals surface area contributed by atoms with Gasteiger partial charge in [-0.2, -0.15) is 0 Å². The average Bonchev–Trinajstić information content (AvgIpc) is 1.83. The molecular formula is C7H9Cl2N. The highest BCUT2D eigenvalue weighted by molar-refractivity contribution is 6.31. The molecule has 0 saturated carbocycles. The molecule has 0 aromatic heterocycles. The van der Waals surface area contributed by atoms with Crippen LogP contribution in [0.4, 0.5) is 5.69 Å². The van der Waals surface area contributed by atoms with Crippen molar-refractivity contribution in [1.29, 1.82) is 0 Å². The second-order valence-corrected chi connectivity index (χ2v) is 2.43. The number of benzene rings is 1. The fourth-order valence-corrected chi connectivity index (χ4v) is 0.846. The van der Waals surface area contributed by atoms with Crippen molar-refractivity contribution in [2.75, 3.05) is 0 Å². The maximum absolute atomic E-state index is 5.77. The molecule has 3 N–H and O–H groups in total. The topological polar surface area (TPSA) is 27.6 Å². The van der Waals surface area contributed by atoms with Crippen LogP contribution in [0.15, 0.2) is 18.2 Å². The number of hydrogen-bond donors (Lipinski definition) is 1. The van der Waals surface area contributed by atoms with Crippen molar-refractivity contribution in [2.24, 2.45) is 0 Å². The average molecular weight is 178 g/mol. The number of hydrogen-bond acceptors (Lipinski definition) is 0. The first kappa shape index (κ1) is 9.76. The van der Waals surface area contributed by atoms with Gasteiger partial charge in [0.25, 0.3) is 0 Å². The third-order valence-electron chi connectivity index (χ3n) is 1.38. The Balaban J connectivity index is 0.000000810. The SMILES string of the molecule is Cc1c([NH3+])cccc1Cl.[Cl-]. The summed E-state index contributed by atoms with van der Waals surface area (Å²) in [7, 11) is 0. The van der Waals surface area contributed by atoms with Crippen LogP contribution in [0.2, 0.25) is 5.02 Å². The van der Waals surface area contributed by atoms with E-state index in [2.05, 4.69) is 5.73 Å². The zero-order valence-electron chi connectivity index (χ0n) is 5.70. The highest BCUT2D eigenvalue weighted by Crippen LogP contribution is 2.18. The molecule has 1 aromatic carbocycles. The van der Waals surface area contributed by atoms with Crippen molar-refractivity contribution in [3.05, 3.63) is 28.8 Å². The Morgan fingerprint density at radius 1 is 1.40 bits per heavy atom. The quantitative estimate of drug-likeness (QED) is 0.502. The summed E-state index contributed by atoms with van der Waals surface area (Å²) in [6.07, 6.45) is 0. The molecule has 10 heavy (non-hydrogen) atoms. The summed E-state index contributed by atoms with van der Waals surface area (Å²) in [6.45, 7) is 1.96. The minimum Gasteiger partial charge on any atom is -1.00 e. The maximum atomic E-state index is 5.77. The first-order chi connectivity index (χ1) is 4.22. The van der Waals surface area contributed by atoms with Crippen LogP contribution in [-0.4, -0.2) is 0 Å². The standard InChI is InChI=1S/C7H8ClN.ClH/c1-5-6(8)3-2-4-7(5)9;/h2-4H,9H2,1H3;1H. The van der Waals surface area contributed by atoms with Crippen molar-refractivity contribution in [3.63, 3.8) is 0 Å². The van der Waals surface area contributed by atoms with E-state index in [1.807, 2.05) is 25.1 Å². The molecule has 0 heterocycles. The van der Waals surface area contributed by atoms with Gasteiger partial charge in [0.1, 0.15) is 5.69 Å². The summed E-state index contributed by atoms with van der Waals surface area (Å²) in [5.74, 6) is 0. The van der Waals surface area contributed by atoms with Crippen molar-refractivity contribution in [3.8, 4) is 0 Å². The van der Waals surface area contributed by atoms with Crippen LogP contribution in [-0.2, 0) is 0 Å². The Labute approximate surface area is 71.6 Å². The second kappa shape index (κ2) is 3.81. The summed E-state index contributed by atoms with van der Waals surface area (Å²) in [5, 5.41) is 0.794. The van der Waals surface area contributed by atoms with E-state index < -0.39 is 0 Å². The summed E-state index contributed by atoms with van der Waals surface area (Å²) < 4.78 is 0. The lowest BCUT2D eigenvalue weighted by Crippen LogP contribution is -3.00.